The Morgan fingerprint density at radius 2 is 1.55 bits per heavy atom. The van der Waals surface area contributed by atoms with Gasteiger partial charge < -0.3 is 10.2 Å². The maximum atomic E-state index is 13.6. The Morgan fingerprint density at radius 1 is 0.879 bits per heavy atom. The molecule has 0 heterocycles. The van der Waals surface area contributed by atoms with E-state index in [1.165, 1.54) is 0 Å². The third kappa shape index (κ3) is 7.47. The van der Waals surface area contributed by atoms with Crippen LogP contribution in [0, 0.1) is 6.92 Å². The fraction of sp³-hybridized carbons (Fsp3) is 0.286. The van der Waals surface area contributed by atoms with Crippen LogP contribution in [0.3, 0.4) is 0 Å². The number of halogens is 1. The molecule has 5 heteroatoms. The first-order valence-corrected chi connectivity index (χ1v) is 11.6. The third-order valence-electron chi connectivity index (χ3n) is 5.38. The van der Waals surface area contributed by atoms with Crippen molar-refractivity contribution in [2.75, 3.05) is 0 Å². The predicted octanol–water partition coefficient (Wildman–Crippen LogP) is 5.36. The van der Waals surface area contributed by atoms with E-state index in [1.54, 1.807) is 11.0 Å². The summed E-state index contributed by atoms with van der Waals surface area (Å²) < 4.78 is 0. The zero-order chi connectivity index (χ0) is 23.8. The Morgan fingerprint density at radius 3 is 2.21 bits per heavy atom. The van der Waals surface area contributed by atoms with Crippen LogP contribution in [0.4, 0.5) is 0 Å². The van der Waals surface area contributed by atoms with Gasteiger partial charge in [0.2, 0.25) is 11.8 Å². The Balaban J connectivity index is 1.97. The molecule has 1 unspecified atom stereocenters. The lowest BCUT2D eigenvalue weighted by molar-refractivity contribution is -0.141. The van der Waals surface area contributed by atoms with Crippen molar-refractivity contribution in [1.82, 2.24) is 10.2 Å². The lowest BCUT2D eigenvalue weighted by Gasteiger charge is -2.32. The molecule has 172 valence electrons. The van der Waals surface area contributed by atoms with Gasteiger partial charge in [-0.15, -0.1) is 0 Å². The van der Waals surface area contributed by atoms with Crippen LogP contribution in [0.15, 0.2) is 78.9 Å². The van der Waals surface area contributed by atoms with Gasteiger partial charge in [-0.3, -0.25) is 9.59 Å². The topological polar surface area (TPSA) is 49.4 Å². The van der Waals surface area contributed by atoms with Gasteiger partial charge in [0.25, 0.3) is 0 Å². The fourth-order valence-corrected chi connectivity index (χ4v) is 4.08. The molecule has 1 atom stereocenters. The lowest BCUT2D eigenvalue weighted by Crippen LogP contribution is -2.52. The number of rotatable bonds is 9. The number of aryl methyl sites for hydroxylation is 1. The van der Waals surface area contributed by atoms with Crippen LogP contribution in [0.25, 0.3) is 0 Å². The van der Waals surface area contributed by atoms with Gasteiger partial charge in [0.15, 0.2) is 0 Å². The van der Waals surface area contributed by atoms with Crippen LogP contribution in [-0.2, 0) is 29.0 Å². The van der Waals surface area contributed by atoms with Crippen LogP contribution < -0.4 is 5.32 Å². The van der Waals surface area contributed by atoms with Crippen molar-refractivity contribution < 1.29 is 9.59 Å². The van der Waals surface area contributed by atoms with Crippen molar-refractivity contribution in [3.63, 3.8) is 0 Å². The minimum Gasteiger partial charge on any atom is -0.352 e. The van der Waals surface area contributed by atoms with Crippen LogP contribution in [0.2, 0.25) is 5.02 Å². The molecule has 3 rings (SSSR count). The van der Waals surface area contributed by atoms with E-state index < -0.39 is 6.04 Å². The van der Waals surface area contributed by atoms with E-state index in [1.807, 2.05) is 93.6 Å². The minimum atomic E-state index is -0.647. The predicted molar refractivity (Wildman–Crippen MR) is 134 cm³/mol. The fourth-order valence-electron chi connectivity index (χ4n) is 3.86. The molecular weight excluding hydrogens is 432 g/mol. The molecule has 0 radical (unpaired) electrons. The molecule has 0 fully saturated rings. The normalized spacial score (nSPS) is 11.8. The number of hydrogen-bond acceptors (Lipinski definition) is 2. The second-order valence-electron chi connectivity index (χ2n) is 8.69. The zero-order valence-electron chi connectivity index (χ0n) is 19.4. The first-order chi connectivity index (χ1) is 15.8. The van der Waals surface area contributed by atoms with Crippen molar-refractivity contribution in [3.05, 3.63) is 106 Å². The van der Waals surface area contributed by atoms with Gasteiger partial charge >= 0.3 is 0 Å². The van der Waals surface area contributed by atoms with Crippen LogP contribution in [0.1, 0.15) is 36.1 Å². The summed E-state index contributed by atoms with van der Waals surface area (Å²) in [6.45, 7) is 6.15. The molecular formula is C28H31ClN2O2. The summed E-state index contributed by atoms with van der Waals surface area (Å²) in [5.74, 6) is -0.256. The van der Waals surface area contributed by atoms with Gasteiger partial charge in [-0.25, -0.2) is 0 Å². The van der Waals surface area contributed by atoms with E-state index in [4.69, 9.17) is 11.6 Å². The maximum Gasteiger partial charge on any atom is 0.243 e. The summed E-state index contributed by atoms with van der Waals surface area (Å²) in [4.78, 5) is 28.7. The van der Waals surface area contributed by atoms with Gasteiger partial charge in [0.1, 0.15) is 6.04 Å². The monoisotopic (exact) mass is 462 g/mol. The molecule has 0 saturated carbocycles. The number of benzene rings is 3. The highest BCUT2D eigenvalue weighted by molar-refractivity contribution is 6.30. The molecule has 33 heavy (non-hydrogen) atoms. The average Bonchev–Trinajstić information content (AvgIpc) is 2.76. The van der Waals surface area contributed by atoms with E-state index in [0.29, 0.717) is 18.0 Å². The van der Waals surface area contributed by atoms with Gasteiger partial charge in [0.05, 0.1) is 6.42 Å². The highest BCUT2D eigenvalue weighted by Gasteiger charge is 2.30. The second-order valence-corrected chi connectivity index (χ2v) is 9.12. The molecule has 0 aliphatic heterocycles. The molecule has 4 nitrogen and oxygen atoms in total. The van der Waals surface area contributed by atoms with Gasteiger partial charge in [-0.05, 0) is 49.6 Å². The Kier molecular flexibility index (Phi) is 8.67. The van der Waals surface area contributed by atoms with Crippen molar-refractivity contribution >= 4 is 23.4 Å². The molecule has 0 aliphatic carbocycles. The lowest BCUT2D eigenvalue weighted by atomic mass is 10.0. The SMILES string of the molecule is Cc1cccc(CC(=O)N(Cc2cccc(Cl)c2)C(Cc2ccccc2)C(=O)NC(C)C)c1. The average molecular weight is 463 g/mol. The van der Waals surface area contributed by atoms with Crippen molar-refractivity contribution in [2.45, 2.75) is 52.2 Å². The maximum absolute atomic E-state index is 13.6. The summed E-state index contributed by atoms with van der Waals surface area (Å²) in [6.07, 6.45) is 0.655. The molecule has 1 N–H and O–H groups in total. The Hall–Kier alpha value is -3.11. The Labute approximate surface area is 201 Å². The summed E-state index contributed by atoms with van der Waals surface area (Å²) in [7, 11) is 0. The number of nitrogens with zero attached hydrogens (tertiary/aromatic N) is 1. The van der Waals surface area contributed by atoms with Crippen LogP contribution in [0.5, 0.6) is 0 Å². The van der Waals surface area contributed by atoms with E-state index in [2.05, 4.69) is 5.32 Å². The van der Waals surface area contributed by atoms with Gasteiger partial charge in [-0.2, -0.15) is 0 Å². The van der Waals surface area contributed by atoms with Crippen LogP contribution in [-0.4, -0.2) is 28.8 Å². The first-order valence-electron chi connectivity index (χ1n) is 11.3. The standard InChI is InChI=1S/C28H31ClN2O2/c1-20(2)30-28(33)26(17-22-10-5-4-6-11-22)31(19-24-13-8-14-25(29)16-24)27(32)18-23-12-7-9-21(3)15-23/h4-16,20,26H,17-19H2,1-3H3,(H,30,33). The molecule has 3 aromatic rings. The molecule has 0 aliphatic rings. The van der Waals surface area contributed by atoms with Gasteiger partial charge in [0, 0.05) is 24.0 Å². The van der Waals surface area contributed by atoms with Crippen molar-refractivity contribution in [3.8, 4) is 0 Å². The molecule has 0 spiro atoms. The van der Waals surface area contributed by atoms with Gasteiger partial charge in [-0.1, -0.05) is 83.9 Å². The quantitative estimate of drug-likeness (QED) is 0.465. The molecule has 0 saturated heterocycles. The largest absolute Gasteiger partial charge is 0.352 e. The second kappa shape index (κ2) is 11.7. The number of nitrogens with one attached hydrogen (secondary N) is 1. The number of carbonyl (C=O) groups excluding carboxylic acids is 2. The smallest absolute Gasteiger partial charge is 0.243 e. The molecule has 0 aromatic heterocycles. The summed E-state index contributed by atoms with van der Waals surface area (Å²) in [6, 6.07) is 24.5. The molecule has 2 amide bonds. The summed E-state index contributed by atoms with van der Waals surface area (Å²) in [5.41, 5.74) is 3.91. The number of hydrogen-bond donors (Lipinski definition) is 1. The van der Waals surface area contributed by atoms with E-state index in [0.717, 1.165) is 22.3 Å². The highest BCUT2D eigenvalue weighted by Crippen LogP contribution is 2.19. The first kappa shape index (κ1) is 24.5. The zero-order valence-corrected chi connectivity index (χ0v) is 20.2. The van der Waals surface area contributed by atoms with E-state index >= 15 is 0 Å². The van der Waals surface area contributed by atoms with Crippen molar-refractivity contribution in [2.24, 2.45) is 0 Å². The minimum absolute atomic E-state index is 0.0318. The van der Waals surface area contributed by atoms with E-state index in [-0.39, 0.29) is 24.3 Å². The Bertz CT molecular complexity index is 1080. The van der Waals surface area contributed by atoms with E-state index in [9.17, 15) is 9.59 Å². The van der Waals surface area contributed by atoms with Crippen molar-refractivity contribution in [1.29, 1.82) is 0 Å². The summed E-state index contributed by atoms with van der Waals surface area (Å²) in [5, 5.41) is 3.61. The molecule has 0 bridgehead atoms. The van der Waals surface area contributed by atoms with Crippen LogP contribution >= 0.6 is 11.6 Å². The molecule has 3 aromatic carbocycles. The number of amides is 2. The summed E-state index contributed by atoms with van der Waals surface area (Å²) >= 11 is 6.21. The third-order valence-corrected chi connectivity index (χ3v) is 5.62. The number of carbonyl (C=O) groups is 2. The highest BCUT2D eigenvalue weighted by atomic mass is 35.5.